The van der Waals surface area contributed by atoms with Crippen LogP contribution in [0.2, 0.25) is 0 Å². The molecule has 1 unspecified atom stereocenters. The number of aryl methyl sites for hydroxylation is 1. The van der Waals surface area contributed by atoms with E-state index in [0.29, 0.717) is 23.7 Å². The number of carbonyl (C=O) groups excluding carboxylic acids is 1. The molecule has 3 aromatic rings. The lowest BCUT2D eigenvalue weighted by molar-refractivity contribution is 0.0941. The van der Waals surface area contributed by atoms with Crippen molar-refractivity contribution in [2.45, 2.75) is 46.2 Å². The minimum absolute atomic E-state index is 0.00949. The number of nitrogens with one attached hydrogen (secondary N) is 2. The molecule has 2 aromatic heterocycles. The molecule has 1 atom stereocenters. The number of aromatic nitrogens is 3. The second kappa shape index (κ2) is 9.25. The number of carbonyl (C=O) groups is 1. The van der Waals surface area contributed by atoms with Crippen LogP contribution in [0.15, 0.2) is 33.9 Å². The van der Waals surface area contributed by atoms with Crippen LogP contribution >= 0.6 is 0 Å². The first-order chi connectivity index (χ1) is 15.2. The highest BCUT2D eigenvalue weighted by Gasteiger charge is 2.22. The van der Waals surface area contributed by atoms with E-state index in [1.165, 1.54) is 4.57 Å². The molecule has 0 spiro atoms. The summed E-state index contributed by atoms with van der Waals surface area (Å²) in [5.41, 5.74) is 0.542. The monoisotopic (exact) mass is 440 g/mol. The standard InChI is InChI=1S/C23H28N4O5/c1-7-27-20-19(22(29)26-23(27)30)16(11-17(25-20)12(2)3)21(28)24-13(4)15-9-8-14(31-5)10-18(15)32-6/h8-13H,7H2,1-6H3,(H,24,28)(H,26,29,30). The first kappa shape index (κ1) is 23.1. The van der Waals surface area contributed by atoms with Gasteiger partial charge in [-0.15, -0.1) is 0 Å². The van der Waals surface area contributed by atoms with Gasteiger partial charge in [0.25, 0.3) is 11.5 Å². The second-order valence-corrected chi connectivity index (χ2v) is 7.75. The van der Waals surface area contributed by atoms with Crippen molar-refractivity contribution in [1.29, 1.82) is 0 Å². The third-order valence-electron chi connectivity index (χ3n) is 5.38. The van der Waals surface area contributed by atoms with Crippen LogP contribution in [-0.4, -0.2) is 34.7 Å². The average molecular weight is 441 g/mol. The topological polar surface area (TPSA) is 115 Å². The van der Waals surface area contributed by atoms with Gasteiger partial charge in [-0.05, 0) is 38.0 Å². The maximum Gasteiger partial charge on any atom is 0.329 e. The van der Waals surface area contributed by atoms with Gasteiger partial charge in [-0.3, -0.25) is 19.1 Å². The van der Waals surface area contributed by atoms with Gasteiger partial charge in [-0.1, -0.05) is 13.8 Å². The van der Waals surface area contributed by atoms with Crippen molar-refractivity contribution in [3.05, 3.63) is 61.9 Å². The molecule has 9 nitrogen and oxygen atoms in total. The molecule has 3 rings (SSSR count). The van der Waals surface area contributed by atoms with E-state index in [0.717, 1.165) is 5.56 Å². The lowest BCUT2D eigenvalue weighted by Gasteiger charge is -2.19. The van der Waals surface area contributed by atoms with Crippen LogP contribution in [0.5, 0.6) is 11.5 Å². The molecule has 170 valence electrons. The molecule has 2 N–H and O–H groups in total. The van der Waals surface area contributed by atoms with Crippen LogP contribution in [-0.2, 0) is 6.54 Å². The molecule has 0 aliphatic heterocycles. The van der Waals surface area contributed by atoms with E-state index in [1.807, 2.05) is 26.8 Å². The third-order valence-corrected chi connectivity index (χ3v) is 5.38. The second-order valence-electron chi connectivity index (χ2n) is 7.75. The van der Waals surface area contributed by atoms with E-state index in [-0.39, 0.29) is 22.5 Å². The van der Waals surface area contributed by atoms with Gasteiger partial charge in [-0.25, -0.2) is 9.78 Å². The fourth-order valence-corrected chi connectivity index (χ4v) is 3.59. The highest BCUT2D eigenvalue weighted by atomic mass is 16.5. The number of H-pyrrole nitrogens is 1. The van der Waals surface area contributed by atoms with E-state index in [4.69, 9.17) is 9.47 Å². The summed E-state index contributed by atoms with van der Waals surface area (Å²) >= 11 is 0. The van der Waals surface area contributed by atoms with Crippen molar-refractivity contribution in [2.24, 2.45) is 0 Å². The molecule has 0 aliphatic carbocycles. The summed E-state index contributed by atoms with van der Waals surface area (Å²) in [5, 5.41) is 3.02. The molecular weight excluding hydrogens is 412 g/mol. The van der Waals surface area contributed by atoms with Crippen LogP contribution in [0.4, 0.5) is 0 Å². The van der Waals surface area contributed by atoms with Gasteiger partial charge in [-0.2, -0.15) is 0 Å². The van der Waals surface area contributed by atoms with Crippen LogP contribution in [0.25, 0.3) is 11.0 Å². The molecule has 0 aliphatic rings. The molecule has 2 heterocycles. The van der Waals surface area contributed by atoms with Crippen LogP contribution in [0.3, 0.4) is 0 Å². The largest absolute Gasteiger partial charge is 0.497 e. The zero-order chi connectivity index (χ0) is 23.6. The predicted molar refractivity (Wildman–Crippen MR) is 122 cm³/mol. The molecule has 0 saturated heterocycles. The van der Waals surface area contributed by atoms with Crippen molar-refractivity contribution in [3.63, 3.8) is 0 Å². The van der Waals surface area contributed by atoms with E-state index in [2.05, 4.69) is 15.3 Å². The Balaban J connectivity index is 2.12. The number of hydrogen-bond donors (Lipinski definition) is 2. The summed E-state index contributed by atoms with van der Waals surface area (Å²) in [6, 6.07) is 6.52. The van der Waals surface area contributed by atoms with Gasteiger partial charge in [0.2, 0.25) is 0 Å². The van der Waals surface area contributed by atoms with Gasteiger partial charge < -0.3 is 14.8 Å². The fourth-order valence-electron chi connectivity index (χ4n) is 3.59. The van der Waals surface area contributed by atoms with Gasteiger partial charge in [0.1, 0.15) is 11.5 Å². The van der Waals surface area contributed by atoms with E-state index >= 15 is 0 Å². The summed E-state index contributed by atoms with van der Waals surface area (Å²) in [6.07, 6.45) is 0. The summed E-state index contributed by atoms with van der Waals surface area (Å²) in [5.74, 6) is 0.744. The van der Waals surface area contributed by atoms with E-state index in [9.17, 15) is 14.4 Å². The number of aromatic amines is 1. The Morgan fingerprint density at radius 2 is 1.88 bits per heavy atom. The Bertz CT molecular complexity index is 1280. The molecule has 0 radical (unpaired) electrons. The first-order valence-corrected chi connectivity index (χ1v) is 10.4. The highest BCUT2D eigenvalue weighted by Crippen LogP contribution is 2.30. The van der Waals surface area contributed by atoms with Crippen molar-refractivity contribution >= 4 is 16.9 Å². The van der Waals surface area contributed by atoms with Crippen molar-refractivity contribution in [2.75, 3.05) is 14.2 Å². The summed E-state index contributed by atoms with van der Waals surface area (Å²) in [4.78, 5) is 45.1. The molecule has 0 saturated carbocycles. The Kier molecular flexibility index (Phi) is 6.67. The molecule has 0 fully saturated rings. The molecule has 32 heavy (non-hydrogen) atoms. The van der Waals surface area contributed by atoms with E-state index in [1.54, 1.807) is 39.3 Å². The zero-order valence-corrected chi connectivity index (χ0v) is 19.1. The van der Waals surface area contributed by atoms with Gasteiger partial charge in [0.05, 0.1) is 31.2 Å². The Morgan fingerprint density at radius 1 is 1.16 bits per heavy atom. The molecule has 0 bridgehead atoms. The van der Waals surface area contributed by atoms with Crippen LogP contribution in [0, 0.1) is 0 Å². The molecule has 9 heteroatoms. The Hall–Kier alpha value is -3.62. The quantitative estimate of drug-likeness (QED) is 0.584. The van der Waals surface area contributed by atoms with E-state index < -0.39 is 23.2 Å². The number of rotatable bonds is 7. The molecular formula is C23H28N4O5. The lowest BCUT2D eigenvalue weighted by atomic mass is 10.0. The highest BCUT2D eigenvalue weighted by molar-refractivity contribution is 6.05. The average Bonchev–Trinajstić information content (AvgIpc) is 2.77. The number of amides is 1. The lowest BCUT2D eigenvalue weighted by Crippen LogP contribution is -2.34. The number of pyridine rings is 1. The molecule has 1 amide bonds. The Labute approximate surface area is 185 Å². The molecule has 1 aromatic carbocycles. The Morgan fingerprint density at radius 3 is 2.47 bits per heavy atom. The number of hydrogen-bond acceptors (Lipinski definition) is 6. The minimum atomic E-state index is -0.641. The summed E-state index contributed by atoms with van der Waals surface area (Å²) < 4.78 is 12.0. The zero-order valence-electron chi connectivity index (χ0n) is 19.1. The van der Waals surface area contributed by atoms with Gasteiger partial charge in [0, 0.05) is 23.9 Å². The van der Waals surface area contributed by atoms with Crippen LogP contribution < -0.4 is 26.0 Å². The first-order valence-electron chi connectivity index (χ1n) is 10.4. The smallest absolute Gasteiger partial charge is 0.329 e. The van der Waals surface area contributed by atoms with Gasteiger partial charge in [0.15, 0.2) is 5.65 Å². The minimum Gasteiger partial charge on any atom is -0.497 e. The number of benzene rings is 1. The normalized spacial score (nSPS) is 12.1. The SMILES string of the molecule is CCn1c(=O)[nH]c(=O)c2c(C(=O)NC(C)c3ccc(OC)cc3OC)cc(C(C)C)nc21. The number of nitrogens with zero attached hydrogens (tertiary/aromatic N) is 2. The number of fused-ring (bicyclic) bond motifs is 1. The predicted octanol–water partition coefficient (Wildman–Crippen LogP) is 2.74. The third kappa shape index (κ3) is 4.23. The van der Waals surface area contributed by atoms with Crippen molar-refractivity contribution < 1.29 is 14.3 Å². The maximum atomic E-state index is 13.3. The summed E-state index contributed by atoms with van der Waals surface area (Å²) in [7, 11) is 3.11. The number of methoxy groups -OCH3 is 2. The fraction of sp³-hybridized carbons (Fsp3) is 0.391. The van der Waals surface area contributed by atoms with Gasteiger partial charge >= 0.3 is 5.69 Å². The van der Waals surface area contributed by atoms with Crippen LogP contribution in [0.1, 0.15) is 61.3 Å². The summed E-state index contributed by atoms with van der Waals surface area (Å²) in [6.45, 7) is 7.77. The van der Waals surface area contributed by atoms with Crippen molar-refractivity contribution in [1.82, 2.24) is 19.9 Å². The maximum absolute atomic E-state index is 13.3. The number of ether oxygens (including phenoxy) is 2. The van der Waals surface area contributed by atoms with Crippen molar-refractivity contribution in [3.8, 4) is 11.5 Å².